The number of aliphatic imine (C=N–C) groups is 1. The molecule has 14 heavy (non-hydrogen) atoms. The van der Waals surface area contributed by atoms with Gasteiger partial charge in [-0.2, -0.15) is 0 Å². The molecule has 0 unspecified atom stereocenters. The largest absolute Gasteiger partial charge is 0.261 e. The SMILES string of the molecule is CC/C=N\c1cc(F)c(C)c(CC)c1. The van der Waals surface area contributed by atoms with Gasteiger partial charge < -0.3 is 0 Å². The van der Waals surface area contributed by atoms with Crippen LogP contribution in [0.15, 0.2) is 17.1 Å². The van der Waals surface area contributed by atoms with Crippen molar-refractivity contribution >= 4 is 11.9 Å². The van der Waals surface area contributed by atoms with Gasteiger partial charge in [0.05, 0.1) is 5.69 Å². The van der Waals surface area contributed by atoms with Crippen LogP contribution in [0.1, 0.15) is 31.4 Å². The zero-order valence-electron chi connectivity index (χ0n) is 8.97. The van der Waals surface area contributed by atoms with Gasteiger partial charge in [-0.3, -0.25) is 4.99 Å². The number of hydrogen-bond acceptors (Lipinski definition) is 1. The second-order valence-corrected chi connectivity index (χ2v) is 3.29. The second-order valence-electron chi connectivity index (χ2n) is 3.29. The normalized spacial score (nSPS) is 11.1. The maximum absolute atomic E-state index is 13.4. The summed E-state index contributed by atoms with van der Waals surface area (Å²) in [6.45, 7) is 5.84. The first-order valence-electron chi connectivity index (χ1n) is 5.00. The number of aryl methyl sites for hydroxylation is 1. The molecule has 0 fully saturated rings. The molecule has 0 bridgehead atoms. The first-order chi connectivity index (χ1) is 6.69. The lowest BCUT2D eigenvalue weighted by molar-refractivity contribution is 0.616. The molecule has 0 atom stereocenters. The van der Waals surface area contributed by atoms with Crippen molar-refractivity contribution in [2.45, 2.75) is 33.6 Å². The summed E-state index contributed by atoms with van der Waals surface area (Å²) in [5.41, 5.74) is 2.49. The van der Waals surface area contributed by atoms with E-state index in [1.165, 1.54) is 6.07 Å². The number of nitrogens with zero attached hydrogens (tertiary/aromatic N) is 1. The van der Waals surface area contributed by atoms with Crippen LogP contribution in [-0.4, -0.2) is 6.21 Å². The zero-order chi connectivity index (χ0) is 10.6. The van der Waals surface area contributed by atoms with Crippen LogP contribution in [0.4, 0.5) is 10.1 Å². The molecular formula is C12H16FN. The zero-order valence-corrected chi connectivity index (χ0v) is 8.97. The van der Waals surface area contributed by atoms with Crippen molar-refractivity contribution in [2.75, 3.05) is 0 Å². The first kappa shape index (κ1) is 10.9. The third kappa shape index (κ3) is 2.41. The summed E-state index contributed by atoms with van der Waals surface area (Å²) < 4.78 is 13.4. The van der Waals surface area contributed by atoms with E-state index in [0.717, 1.165) is 24.0 Å². The maximum Gasteiger partial charge on any atom is 0.128 e. The molecule has 1 aromatic carbocycles. The Labute approximate surface area is 84.7 Å². The maximum atomic E-state index is 13.4. The second kappa shape index (κ2) is 4.89. The summed E-state index contributed by atoms with van der Waals surface area (Å²) in [4.78, 5) is 4.17. The van der Waals surface area contributed by atoms with Crippen molar-refractivity contribution in [2.24, 2.45) is 4.99 Å². The van der Waals surface area contributed by atoms with E-state index in [-0.39, 0.29) is 5.82 Å². The van der Waals surface area contributed by atoms with E-state index < -0.39 is 0 Å². The third-order valence-electron chi connectivity index (χ3n) is 2.24. The van der Waals surface area contributed by atoms with E-state index in [1.807, 2.05) is 26.8 Å². The van der Waals surface area contributed by atoms with Gasteiger partial charge >= 0.3 is 0 Å². The average Bonchev–Trinajstić information content (AvgIpc) is 2.19. The fraction of sp³-hybridized carbons (Fsp3) is 0.417. The Balaban J connectivity index is 3.09. The van der Waals surface area contributed by atoms with Gasteiger partial charge in [-0.15, -0.1) is 0 Å². The van der Waals surface area contributed by atoms with Gasteiger partial charge in [0.1, 0.15) is 5.82 Å². The highest BCUT2D eigenvalue weighted by Crippen LogP contribution is 2.21. The van der Waals surface area contributed by atoms with Gasteiger partial charge in [0.25, 0.3) is 0 Å². The van der Waals surface area contributed by atoms with Crippen LogP contribution in [0.3, 0.4) is 0 Å². The lowest BCUT2D eigenvalue weighted by Gasteiger charge is -2.05. The summed E-state index contributed by atoms with van der Waals surface area (Å²) in [6.07, 6.45) is 3.51. The van der Waals surface area contributed by atoms with Crippen LogP contribution in [-0.2, 0) is 6.42 Å². The monoisotopic (exact) mass is 193 g/mol. The Morgan fingerprint density at radius 3 is 2.64 bits per heavy atom. The minimum Gasteiger partial charge on any atom is -0.261 e. The van der Waals surface area contributed by atoms with Crippen molar-refractivity contribution in [1.29, 1.82) is 0 Å². The number of rotatable bonds is 3. The highest BCUT2D eigenvalue weighted by atomic mass is 19.1. The topological polar surface area (TPSA) is 12.4 Å². The van der Waals surface area contributed by atoms with Crippen LogP contribution >= 0.6 is 0 Å². The summed E-state index contributed by atoms with van der Waals surface area (Å²) >= 11 is 0. The molecular weight excluding hydrogens is 177 g/mol. The molecule has 0 heterocycles. The average molecular weight is 193 g/mol. The molecule has 0 saturated carbocycles. The number of hydrogen-bond donors (Lipinski definition) is 0. The lowest BCUT2D eigenvalue weighted by atomic mass is 10.1. The molecule has 0 N–H and O–H groups in total. The molecule has 0 spiro atoms. The molecule has 1 rings (SSSR count). The molecule has 0 saturated heterocycles. The van der Waals surface area contributed by atoms with E-state index in [1.54, 1.807) is 6.21 Å². The van der Waals surface area contributed by atoms with Gasteiger partial charge in [0, 0.05) is 6.21 Å². The van der Waals surface area contributed by atoms with E-state index in [4.69, 9.17) is 0 Å². The molecule has 0 aliphatic heterocycles. The van der Waals surface area contributed by atoms with E-state index in [2.05, 4.69) is 4.99 Å². The standard InChI is InChI=1S/C12H16FN/c1-4-6-14-11-7-10(5-2)9(3)12(13)8-11/h6-8H,4-5H2,1-3H3/b14-6-. The van der Waals surface area contributed by atoms with Gasteiger partial charge in [0.15, 0.2) is 0 Å². The molecule has 0 aromatic heterocycles. The van der Waals surface area contributed by atoms with Crippen molar-refractivity contribution in [1.82, 2.24) is 0 Å². The van der Waals surface area contributed by atoms with Gasteiger partial charge in [-0.05, 0) is 43.0 Å². The minimum absolute atomic E-state index is 0.160. The van der Waals surface area contributed by atoms with Crippen LogP contribution in [0.2, 0.25) is 0 Å². The molecule has 76 valence electrons. The summed E-state index contributed by atoms with van der Waals surface area (Å²) in [5.74, 6) is -0.160. The molecule has 1 nitrogen and oxygen atoms in total. The van der Waals surface area contributed by atoms with Gasteiger partial charge in [-0.1, -0.05) is 13.8 Å². The van der Waals surface area contributed by atoms with E-state index >= 15 is 0 Å². The third-order valence-corrected chi connectivity index (χ3v) is 2.24. The Morgan fingerprint density at radius 1 is 1.36 bits per heavy atom. The summed E-state index contributed by atoms with van der Waals surface area (Å²) in [6, 6.07) is 3.44. The van der Waals surface area contributed by atoms with Crippen molar-refractivity contribution < 1.29 is 4.39 Å². The predicted molar refractivity (Wildman–Crippen MR) is 59.0 cm³/mol. The van der Waals surface area contributed by atoms with Crippen molar-refractivity contribution in [3.8, 4) is 0 Å². The lowest BCUT2D eigenvalue weighted by Crippen LogP contribution is -1.90. The Kier molecular flexibility index (Phi) is 3.81. The quantitative estimate of drug-likeness (QED) is 0.647. The molecule has 0 amide bonds. The smallest absolute Gasteiger partial charge is 0.128 e. The van der Waals surface area contributed by atoms with Crippen LogP contribution in [0.25, 0.3) is 0 Å². The van der Waals surface area contributed by atoms with E-state index in [9.17, 15) is 4.39 Å². The number of benzene rings is 1. The van der Waals surface area contributed by atoms with Crippen LogP contribution in [0, 0.1) is 12.7 Å². The highest BCUT2D eigenvalue weighted by molar-refractivity contribution is 5.63. The summed E-state index contributed by atoms with van der Waals surface area (Å²) in [7, 11) is 0. The van der Waals surface area contributed by atoms with Crippen LogP contribution < -0.4 is 0 Å². The molecule has 1 aromatic rings. The Morgan fingerprint density at radius 2 is 2.07 bits per heavy atom. The van der Waals surface area contributed by atoms with Crippen molar-refractivity contribution in [3.05, 3.63) is 29.1 Å². The first-order valence-corrected chi connectivity index (χ1v) is 5.00. The molecule has 0 aliphatic rings. The van der Waals surface area contributed by atoms with Crippen molar-refractivity contribution in [3.63, 3.8) is 0 Å². The van der Waals surface area contributed by atoms with Crippen LogP contribution in [0.5, 0.6) is 0 Å². The molecule has 2 heteroatoms. The predicted octanol–water partition coefficient (Wildman–Crippen LogP) is 3.81. The summed E-state index contributed by atoms with van der Waals surface area (Å²) in [5, 5.41) is 0. The molecule has 0 aliphatic carbocycles. The Hall–Kier alpha value is -1.18. The fourth-order valence-electron chi connectivity index (χ4n) is 1.36. The Bertz CT molecular complexity index is 342. The highest BCUT2D eigenvalue weighted by Gasteiger charge is 2.04. The molecule has 0 radical (unpaired) electrons. The minimum atomic E-state index is -0.160. The van der Waals surface area contributed by atoms with E-state index in [0.29, 0.717) is 5.69 Å². The number of halogens is 1. The van der Waals surface area contributed by atoms with Gasteiger partial charge in [0.2, 0.25) is 0 Å². The fourth-order valence-corrected chi connectivity index (χ4v) is 1.36. The van der Waals surface area contributed by atoms with Gasteiger partial charge in [-0.25, -0.2) is 4.39 Å².